The number of amides is 2. The lowest BCUT2D eigenvalue weighted by atomic mass is 10.0. The predicted octanol–water partition coefficient (Wildman–Crippen LogP) is 1.43. The molecule has 0 fully saturated rings. The van der Waals surface area contributed by atoms with Crippen molar-refractivity contribution in [2.24, 2.45) is 0 Å². The topological polar surface area (TPSA) is 163 Å². The smallest absolute Gasteiger partial charge is 0.328 e. The van der Waals surface area contributed by atoms with Crippen LogP contribution in [-0.2, 0) is 60.6 Å². The standard InChI is InChI=1S/C30H36N2O10/c1-5-39-29(37)23(17-21-13-9-7-10-14-21)31-27(35)25(41-19(3)33)26(42-20(4)34)28(36)32-24(30(38)40-6-2)18-22-15-11-8-12-16-22/h7-16,23-26H,5-6,17-18H2,1-4H3,(H,31,35)(H,32,36)/t23-,24-,25-,26-/m0/s1. The highest BCUT2D eigenvalue weighted by atomic mass is 16.6. The number of ether oxygens (including phenoxy) is 4. The first kappa shape index (κ1) is 33.5. The molecule has 2 aromatic rings. The van der Waals surface area contributed by atoms with Crippen LogP contribution in [-0.4, -0.2) is 73.2 Å². The molecule has 12 heteroatoms. The average molecular weight is 585 g/mol. The largest absolute Gasteiger partial charge is 0.464 e. The first-order chi connectivity index (χ1) is 20.0. The lowest BCUT2D eigenvalue weighted by molar-refractivity contribution is -0.175. The molecule has 0 aliphatic carbocycles. The summed E-state index contributed by atoms with van der Waals surface area (Å²) in [6.45, 7) is 5.24. The zero-order valence-electron chi connectivity index (χ0n) is 24.0. The highest BCUT2D eigenvalue weighted by molar-refractivity contribution is 5.96. The Bertz CT molecular complexity index is 1120. The fourth-order valence-corrected chi connectivity index (χ4v) is 3.94. The van der Waals surface area contributed by atoms with E-state index in [1.165, 1.54) is 0 Å². The molecular formula is C30H36N2O10. The van der Waals surface area contributed by atoms with E-state index < -0.39 is 60.0 Å². The third kappa shape index (κ3) is 11.0. The Balaban J connectivity index is 2.38. The van der Waals surface area contributed by atoms with Crippen molar-refractivity contribution in [2.75, 3.05) is 13.2 Å². The van der Waals surface area contributed by atoms with Crippen LogP contribution < -0.4 is 10.6 Å². The number of carbonyl (C=O) groups excluding carboxylic acids is 6. The van der Waals surface area contributed by atoms with Crippen LogP contribution in [0.1, 0.15) is 38.8 Å². The number of carbonyl (C=O) groups is 6. The summed E-state index contributed by atoms with van der Waals surface area (Å²) in [5.41, 5.74) is 1.37. The maximum absolute atomic E-state index is 13.5. The fourth-order valence-electron chi connectivity index (χ4n) is 3.94. The summed E-state index contributed by atoms with van der Waals surface area (Å²) in [6, 6.07) is 15.0. The molecule has 0 spiro atoms. The average Bonchev–Trinajstić information content (AvgIpc) is 2.95. The van der Waals surface area contributed by atoms with Crippen molar-refractivity contribution in [1.29, 1.82) is 0 Å². The Labute approximate surface area is 244 Å². The molecule has 42 heavy (non-hydrogen) atoms. The maximum atomic E-state index is 13.5. The van der Waals surface area contributed by atoms with Crippen LogP contribution in [0.15, 0.2) is 60.7 Å². The molecule has 0 saturated heterocycles. The zero-order chi connectivity index (χ0) is 31.1. The van der Waals surface area contributed by atoms with E-state index in [4.69, 9.17) is 18.9 Å². The van der Waals surface area contributed by atoms with Crippen LogP contribution in [0.5, 0.6) is 0 Å². The molecule has 2 amide bonds. The second-order valence-corrected chi connectivity index (χ2v) is 9.07. The number of nitrogens with one attached hydrogen (secondary N) is 2. The van der Waals surface area contributed by atoms with Crippen molar-refractivity contribution in [1.82, 2.24) is 10.6 Å². The molecular weight excluding hydrogens is 548 g/mol. The number of hydrogen-bond acceptors (Lipinski definition) is 10. The number of benzene rings is 2. The van der Waals surface area contributed by atoms with Crippen molar-refractivity contribution in [3.63, 3.8) is 0 Å². The van der Waals surface area contributed by atoms with E-state index in [9.17, 15) is 28.8 Å². The van der Waals surface area contributed by atoms with Crippen molar-refractivity contribution in [3.05, 3.63) is 71.8 Å². The minimum atomic E-state index is -2.02. The van der Waals surface area contributed by atoms with Crippen LogP contribution >= 0.6 is 0 Å². The monoisotopic (exact) mass is 584 g/mol. The summed E-state index contributed by atoms with van der Waals surface area (Å²) >= 11 is 0. The van der Waals surface area contributed by atoms with Gasteiger partial charge in [-0.05, 0) is 25.0 Å². The van der Waals surface area contributed by atoms with Crippen LogP contribution in [0.4, 0.5) is 0 Å². The molecule has 0 heterocycles. The van der Waals surface area contributed by atoms with Crippen molar-refractivity contribution >= 4 is 35.7 Å². The van der Waals surface area contributed by atoms with Gasteiger partial charge in [0.2, 0.25) is 12.2 Å². The number of rotatable bonds is 15. The van der Waals surface area contributed by atoms with Gasteiger partial charge in [0.15, 0.2) is 0 Å². The van der Waals surface area contributed by atoms with E-state index in [0.717, 1.165) is 13.8 Å². The number of hydrogen-bond donors (Lipinski definition) is 2. The van der Waals surface area contributed by atoms with Gasteiger partial charge >= 0.3 is 23.9 Å². The quantitative estimate of drug-likeness (QED) is 0.231. The predicted molar refractivity (Wildman–Crippen MR) is 149 cm³/mol. The lowest BCUT2D eigenvalue weighted by Crippen LogP contribution is -2.58. The first-order valence-electron chi connectivity index (χ1n) is 13.4. The first-order valence-corrected chi connectivity index (χ1v) is 13.4. The SMILES string of the molecule is CCOC(=O)[C@H](Cc1ccccc1)NC(=O)[C@@H](OC(C)=O)[C@H](OC(C)=O)C(=O)N[C@@H](Cc1ccccc1)C(=O)OCC. The van der Waals surface area contributed by atoms with Gasteiger partial charge < -0.3 is 29.6 Å². The molecule has 2 rings (SSSR count). The van der Waals surface area contributed by atoms with E-state index in [1.807, 2.05) is 0 Å². The van der Waals surface area contributed by atoms with Gasteiger partial charge in [0.25, 0.3) is 11.8 Å². The Hall–Kier alpha value is -4.74. The van der Waals surface area contributed by atoms with Gasteiger partial charge in [-0.25, -0.2) is 9.59 Å². The van der Waals surface area contributed by atoms with Crippen molar-refractivity contribution < 1.29 is 47.7 Å². The summed E-state index contributed by atoms with van der Waals surface area (Å²) in [5, 5.41) is 4.89. The summed E-state index contributed by atoms with van der Waals surface area (Å²) in [7, 11) is 0. The minimum Gasteiger partial charge on any atom is -0.464 e. The summed E-state index contributed by atoms with van der Waals surface area (Å²) in [5.74, 6) is -5.68. The zero-order valence-corrected chi connectivity index (χ0v) is 24.0. The molecule has 0 aliphatic rings. The molecule has 0 bridgehead atoms. The molecule has 2 aromatic carbocycles. The molecule has 0 unspecified atom stereocenters. The molecule has 226 valence electrons. The Morgan fingerprint density at radius 2 is 0.929 bits per heavy atom. The van der Waals surface area contributed by atoms with Gasteiger partial charge in [0.05, 0.1) is 13.2 Å². The molecule has 4 atom stereocenters. The van der Waals surface area contributed by atoms with Gasteiger partial charge in [0.1, 0.15) is 12.1 Å². The molecule has 2 N–H and O–H groups in total. The van der Waals surface area contributed by atoms with E-state index in [0.29, 0.717) is 11.1 Å². The van der Waals surface area contributed by atoms with Gasteiger partial charge in [-0.2, -0.15) is 0 Å². The van der Waals surface area contributed by atoms with E-state index in [2.05, 4.69) is 10.6 Å². The highest BCUT2D eigenvalue weighted by Gasteiger charge is 2.42. The second kappa shape index (κ2) is 17.2. The number of esters is 4. The Morgan fingerprint density at radius 1 is 0.595 bits per heavy atom. The van der Waals surface area contributed by atoms with Crippen molar-refractivity contribution in [3.8, 4) is 0 Å². The van der Waals surface area contributed by atoms with E-state index in [-0.39, 0.29) is 26.1 Å². The molecule has 0 aromatic heterocycles. The maximum Gasteiger partial charge on any atom is 0.328 e. The van der Waals surface area contributed by atoms with Crippen molar-refractivity contribution in [2.45, 2.75) is 64.8 Å². The van der Waals surface area contributed by atoms with Gasteiger partial charge in [-0.1, -0.05) is 60.7 Å². The van der Waals surface area contributed by atoms with E-state index in [1.54, 1.807) is 74.5 Å². The summed E-state index contributed by atoms with van der Waals surface area (Å²) in [6.07, 6.45) is -3.99. The van der Waals surface area contributed by atoms with Crippen LogP contribution in [0.2, 0.25) is 0 Å². The highest BCUT2D eigenvalue weighted by Crippen LogP contribution is 2.13. The summed E-state index contributed by atoms with van der Waals surface area (Å²) in [4.78, 5) is 76.4. The minimum absolute atomic E-state index is 0.0185. The molecule has 12 nitrogen and oxygen atoms in total. The summed E-state index contributed by atoms with van der Waals surface area (Å²) < 4.78 is 20.5. The van der Waals surface area contributed by atoms with Gasteiger partial charge in [-0.15, -0.1) is 0 Å². The molecule has 0 saturated carbocycles. The normalized spacial score (nSPS) is 13.3. The van der Waals surface area contributed by atoms with Crippen LogP contribution in [0.25, 0.3) is 0 Å². The van der Waals surface area contributed by atoms with E-state index >= 15 is 0 Å². The Morgan fingerprint density at radius 3 is 1.21 bits per heavy atom. The molecule has 0 aliphatic heterocycles. The van der Waals surface area contributed by atoms with Gasteiger partial charge in [0, 0.05) is 26.7 Å². The third-order valence-corrected chi connectivity index (χ3v) is 5.72. The molecule has 0 radical (unpaired) electrons. The lowest BCUT2D eigenvalue weighted by Gasteiger charge is -2.28. The Kier molecular flexibility index (Phi) is 13.7. The van der Waals surface area contributed by atoms with Gasteiger partial charge in [-0.3, -0.25) is 19.2 Å². The van der Waals surface area contributed by atoms with Crippen LogP contribution in [0, 0.1) is 0 Å². The third-order valence-electron chi connectivity index (χ3n) is 5.72. The second-order valence-electron chi connectivity index (χ2n) is 9.07. The fraction of sp³-hybridized carbons (Fsp3) is 0.400. The van der Waals surface area contributed by atoms with Crippen LogP contribution in [0.3, 0.4) is 0 Å².